The van der Waals surface area contributed by atoms with Crippen molar-refractivity contribution in [2.75, 3.05) is 12.4 Å². The van der Waals surface area contributed by atoms with Crippen molar-refractivity contribution in [3.63, 3.8) is 0 Å². The first-order valence-corrected chi connectivity index (χ1v) is 5.84. The van der Waals surface area contributed by atoms with Crippen LogP contribution < -0.4 is 16.4 Å². The second kappa shape index (κ2) is 6.16. The van der Waals surface area contributed by atoms with Crippen molar-refractivity contribution in [2.24, 2.45) is 11.7 Å². The van der Waals surface area contributed by atoms with Gasteiger partial charge in [0.1, 0.15) is 0 Å². The van der Waals surface area contributed by atoms with Crippen LogP contribution in [0.1, 0.15) is 24.2 Å². The molecule has 1 aromatic carbocycles. The molecule has 0 saturated carbocycles. The van der Waals surface area contributed by atoms with Gasteiger partial charge in [-0.05, 0) is 31.2 Å². The van der Waals surface area contributed by atoms with E-state index in [2.05, 4.69) is 10.6 Å². The van der Waals surface area contributed by atoms with Gasteiger partial charge in [0.15, 0.2) is 0 Å². The molecule has 1 rings (SSSR count). The number of benzene rings is 1. The fraction of sp³-hybridized carbons (Fsp3) is 0.385. The van der Waals surface area contributed by atoms with Crippen LogP contribution in [0.4, 0.5) is 5.69 Å². The number of anilines is 1. The lowest BCUT2D eigenvalue weighted by molar-refractivity contribution is -0.119. The molecule has 5 heteroatoms. The first-order valence-electron chi connectivity index (χ1n) is 5.84. The Labute approximate surface area is 107 Å². The quantitative estimate of drug-likeness (QED) is 0.743. The van der Waals surface area contributed by atoms with E-state index < -0.39 is 0 Å². The lowest BCUT2D eigenvalue weighted by Gasteiger charge is -2.15. The van der Waals surface area contributed by atoms with Crippen LogP contribution >= 0.6 is 0 Å². The minimum absolute atomic E-state index is 0.127. The summed E-state index contributed by atoms with van der Waals surface area (Å²) < 4.78 is 0. The van der Waals surface area contributed by atoms with E-state index in [4.69, 9.17) is 5.73 Å². The molecule has 2 atom stereocenters. The van der Waals surface area contributed by atoms with E-state index in [1.165, 1.54) is 0 Å². The van der Waals surface area contributed by atoms with Crippen LogP contribution in [-0.2, 0) is 4.79 Å². The molecule has 98 valence electrons. The van der Waals surface area contributed by atoms with E-state index in [0.29, 0.717) is 11.3 Å². The van der Waals surface area contributed by atoms with Crippen molar-refractivity contribution in [2.45, 2.75) is 19.9 Å². The molecule has 0 radical (unpaired) electrons. The lowest BCUT2D eigenvalue weighted by atomic mass is 10.0. The Bertz CT molecular complexity index is 426. The maximum Gasteiger partial charge on any atom is 0.251 e. The minimum atomic E-state index is -0.261. The van der Waals surface area contributed by atoms with Crippen molar-refractivity contribution >= 4 is 17.5 Å². The topological polar surface area (TPSA) is 84.2 Å². The number of carbonyl (C=O) groups excluding carboxylic acids is 2. The molecule has 0 aliphatic carbocycles. The van der Waals surface area contributed by atoms with Gasteiger partial charge >= 0.3 is 0 Å². The Morgan fingerprint density at radius 1 is 1.17 bits per heavy atom. The Balaban J connectivity index is 2.69. The van der Waals surface area contributed by atoms with Gasteiger partial charge < -0.3 is 16.4 Å². The molecule has 2 amide bonds. The highest BCUT2D eigenvalue weighted by atomic mass is 16.2. The largest absolute Gasteiger partial charge is 0.355 e. The number of hydrogen-bond donors (Lipinski definition) is 3. The van der Waals surface area contributed by atoms with Gasteiger partial charge in [-0.3, -0.25) is 9.59 Å². The molecular weight excluding hydrogens is 230 g/mol. The second-order valence-electron chi connectivity index (χ2n) is 4.29. The molecule has 0 aromatic heterocycles. The summed E-state index contributed by atoms with van der Waals surface area (Å²) in [7, 11) is 1.57. The highest BCUT2D eigenvalue weighted by Crippen LogP contribution is 2.11. The highest BCUT2D eigenvalue weighted by Gasteiger charge is 2.16. The summed E-state index contributed by atoms with van der Waals surface area (Å²) in [6.07, 6.45) is 0. The molecule has 1 aromatic rings. The summed E-state index contributed by atoms with van der Waals surface area (Å²) in [5.41, 5.74) is 6.86. The smallest absolute Gasteiger partial charge is 0.251 e. The molecule has 0 spiro atoms. The van der Waals surface area contributed by atoms with Crippen molar-refractivity contribution in [3.05, 3.63) is 29.8 Å². The summed E-state index contributed by atoms with van der Waals surface area (Å²) in [5.74, 6) is -0.543. The number of nitrogens with one attached hydrogen (secondary N) is 2. The summed E-state index contributed by atoms with van der Waals surface area (Å²) in [6, 6.07) is 6.50. The lowest BCUT2D eigenvalue weighted by Crippen LogP contribution is -2.34. The van der Waals surface area contributed by atoms with Gasteiger partial charge in [0, 0.05) is 24.3 Å². The third-order valence-electron chi connectivity index (χ3n) is 2.84. The summed E-state index contributed by atoms with van der Waals surface area (Å²) in [5, 5.41) is 5.29. The molecule has 0 bridgehead atoms. The van der Waals surface area contributed by atoms with Crippen LogP contribution in [0.3, 0.4) is 0 Å². The minimum Gasteiger partial charge on any atom is -0.355 e. The molecule has 4 N–H and O–H groups in total. The van der Waals surface area contributed by atoms with Gasteiger partial charge in [-0.25, -0.2) is 0 Å². The van der Waals surface area contributed by atoms with Crippen molar-refractivity contribution in [1.29, 1.82) is 0 Å². The number of amides is 2. The highest BCUT2D eigenvalue weighted by molar-refractivity contribution is 5.96. The third-order valence-corrected chi connectivity index (χ3v) is 2.84. The van der Waals surface area contributed by atoms with E-state index in [-0.39, 0.29) is 23.8 Å². The third kappa shape index (κ3) is 3.56. The van der Waals surface area contributed by atoms with Crippen molar-refractivity contribution in [3.8, 4) is 0 Å². The van der Waals surface area contributed by atoms with Gasteiger partial charge in [-0.1, -0.05) is 6.92 Å². The maximum absolute atomic E-state index is 11.8. The van der Waals surface area contributed by atoms with Gasteiger partial charge in [0.25, 0.3) is 5.91 Å². The Morgan fingerprint density at radius 3 is 2.17 bits per heavy atom. The molecule has 0 aliphatic heterocycles. The van der Waals surface area contributed by atoms with E-state index >= 15 is 0 Å². The number of hydrogen-bond acceptors (Lipinski definition) is 3. The first-order chi connectivity index (χ1) is 8.45. The molecule has 0 heterocycles. The summed E-state index contributed by atoms with van der Waals surface area (Å²) >= 11 is 0. The zero-order chi connectivity index (χ0) is 13.7. The summed E-state index contributed by atoms with van der Waals surface area (Å²) in [4.78, 5) is 23.1. The molecule has 2 unspecified atom stereocenters. The van der Waals surface area contributed by atoms with Crippen LogP contribution in [0, 0.1) is 5.92 Å². The Kier molecular flexibility index (Phi) is 4.85. The standard InChI is InChI=1S/C13H19N3O2/c1-8(9(2)14)12(17)16-11-6-4-10(5-7-11)13(18)15-3/h4-9H,14H2,1-3H3,(H,15,18)(H,16,17). The van der Waals surface area contributed by atoms with E-state index in [1.54, 1.807) is 45.2 Å². The summed E-state index contributed by atoms with van der Waals surface area (Å²) in [6.45, 7) is 3.57. The average molecular weight is 249 g/mol. The fourth-order valence-corrected chi connectivity index (χ4v) is 1.34. The normalized spacial score (nSPS) is 13.6. The molecule has 0 saturated heterocycles. The predicted octanol–water partition coefficient (Wildman–Crippen LogP) is 0.968. The monoisotopic (exact) mass is 249 g/mol. The van der Waals surface area contributed by atoms with Crippen LogP contribution in [0.25, 0.3) is 0 Å². The Hall–Kier alpha value is -1.88. The molecule has 0 aliphatic rings. The van der Waals surface area contributed by atoms with Crippen LogP contribution in [0.15, 0.2) is 24.3 Å². The van der Waals surface area contributed by atoms with E-state index in [0.717, 1.165) is 0 Å². The predicted molar refractivity (Wildman–Crippen MR) is 71.3 cm³/mol. The van der Waals surface area contributed by atoms with Gasteiger partial charge in [0.2, 0.25) is 5.91 Å². The number of nitrogens with two attached hydrogens (primary N) is 1. The van der Waals surface area contributed by atoms with Crippen LogP contribution in [-0.4, -0.2) is 24.9 Å². The zero-order valence-corrected chi connectivity index (χ0v) is 10.9. The molecule has 18 heavy (non-hydrogen) atoms. The van der Waals surface area contributed by atoms with Crippen LogP contribution in [0.2, 0.25) is 0 Å². The van der Waals surface area contributed by atoms with Gasteiger partial charge in [-0.2, -0.15) is 0 Å². The Morgan fingerprint density at radius 2 is 1.72 bits per heavy atom. The molecular formula is C13H19N3O2. The van der Waals surface area contributed by atoms with Crippen LogP contribution in [0.5, 0.6) is 0 Å². The van der Waals surface area contributed by atoms with Gasteiger partial charge in [0.05, 0.1) is 5.92 Å². The zero-order valence-electron chi connectivity index (χ0n) is 10.9. The first kappa shape index (κ1) is 14.2. The maximum atomic E-state index is 11.8. The van der Waals surface area contributed by atoms with E-state index in [9.17, 15) is 9.59 Å². The SMILES string of the molecule is CNC(=O)c1ccc(NC(=O)C(C)C(C)N)cc1. The fourth-order valence-electron chi connectivity index (χ4n) is 1.34. The van der Waals surface area contributed by atoms with Crippen molar-refractivity contribution in [1.82, 2.24) is 5.32 Å². The molecule has 5 nitrogen and oxygen atoms in total. The molecule has 0 fully saturated rings. The number of rotatable bonds is 4. The van der Waals surface area contributed by atoms with E-state index in [1.807, 2.05) is 0 Å². The average Bonchev–Trinajstić information content (AvgIpc) is 2.37. The van der Waals surface area contributed by atoms with Gasteiger partial charge in [-0.15, -0.1) is 0 Å². The second-order valence-corrected chi connectivity index (χ2v) is 4.29. The van der Waals surface area contributed by atoms with Crippen molar-refractivity contribution < 1.29 is 9.59 Å². The number of carbonyl (C=O) groups is 2.